The van der Waals surface area contributed by atoms with Gasteiger partial charge in [0.25, 0.3) is 0 Å². The highest BCUT2D eigenvalue weighted by Gasteiger charge is 2.26. The van der Waals surface area contributed by atoms with Gasteiger partial charge < -0.3 is 5.32 Å². The molecule has 1 unspecified atom stereocenters. The fraction of sp³-hybridized carbons (Fsp3) is 0.611. The molecule has 0 fully saturated rings. The Morgan fingerprint density at radius 2 is 1.90 bits per heavy atom. The number of nitrogens with one attached hydrogen (secondary N) is 1. The maximum absolute atomic E-state index is 4.85. The predicted molar refractivity (Wildman–Crippen MR) is 90.6 cm³/mol. The fourth-order valence-corrected chi connectivity index (χ4v) is 2.78. The molecule has 0 saturated carbocycles. The second kappa shape index (κ2) is 6.61. The van der Waals surface area contributed by atoms with E-state index in [2.05, 4.69) is 68.9 Å². The van der Waals surface area contributed by atoms with Crippen LogP contribution in [0.25, 0.3) is 10.9 Å². The molecule has 1 N–H and O–H groups in total. The first-order valence-corrected chi connectivity index (χ1v) is 8.15. The number of fused-ring (bicyclic) bond motifs is 1. The van der Waals surface area contributed by atoms with Crippen LogP contribution in [0, 0.1) is 5.41 Å². The Kier molecular flexibility index (Phi) is 5.04. The smallest absolute Gasteiger partial charge is 0.0719 e. The second-order valence-corrected chi connectivity index (χ2v) is 6.86. The Hall–Kier alpha value is -1.35. The van der Waals surface area contributed by atoms with Crippen LogP contribution in [0.4, 0.5) is 0 Å². The molecule has 2 aromatic rings. The zero-order valence-corrected chi connectivity index (χ0v) is 14.1. The zero-order valence-electron chi connectivity index (χ0n) is 14.1. The fourth-order valence-electron chi connectivity index (χ4n) is 2.78. The highest BCUT2D eigenvalue weighted by Crippen LogP contribution is 2.26. The van der Waals surface area contributed by atoms with Crippen LogP contribution in [0.3, 0.4) is 0 Å². The van der Waals surface area contributed by atoms with E-state index in [1.807, 2.05) is 0 Å². The molecular formula is C18H29N3. The average Bonchev–Trinajstić information content (AvgIpc) is 2.80. The van der Waals surface area contributed by atoms with Crippen molar-refractivity contribution in [3.63, 3.8) is 0 Å². The summed E-state index contributed by atoms with van der Waals surface area (Å²) in [6.07, 6.45) is 2.15. The molecule has 1 aromatic carbocycles. The molecule has 0 aliphatic rings. The summed E-state index contributed by atoms with van der Waals surface area (Å²) >= 11 is 0. The first kappa shape index (κ1) is 16.0. The lowest BCUT2D eigenvalue weighted by Crippen LogP contribution is -2.42. The first-order valence-electron chi connectivity index (χ1n) is 8.15. The lowest BCUT2D eigenvalue weighted by Gasteiger charge is -2.31. The molecule has 0 spiro atoms. The van der Waals surface area contributed by atoms with Crippen molar-refractivity contribution in [3.05, 3.63) is 30.0 Å². The Labute approximate surface area is 128 Å². The van der Waals surface area contributed by atoms with Crippen molar-refractivity contribution < 1.29 is 0 Å². The second-order valence-electron chi connectivity index (χ2n) is 6.86. The summed E-state index contributed by atoms with van der Waals surface area (Å²) in [5, 5.41) is 9.84. The van der Waals surface area contributed by atoms with Crippen LogP contribution in [0.2, 0.25) is 0 Å². The molecule has 2 rings (SSSR count). The van der Waals surface area contributed by atoms with Crippen LogP contribution >= 0.6 is 0 Å². The lowest BCUT2D eigenvalue weighted by molar-refractivity contribution is 0.265. The van der Waals surface area contributed by atoms with E-state index in [-0.39, 0.29) is 5.41 Å². The number of benzene rings is 1. The molecule has 116 valence electrons. The van der Waals surface area contributed by atoms with Gasteiger partial charge in [-0.3, -0.25) is 4.68 Å². The summed E-state index contributed by atoms with van der Waals surface area (Å²) < 4.78 is 2.12. The minimum Gasteiger partial charge on any atom is -0.313 e. The van der Waals surface area contributed by atoms with Crippen LogP contribution in [0.1, 0.15) is 46.7 Å². The number of aromatic nitrogens is 2. The lowest BCUT2D eigenvalue weighted by atomic mass is 9.83. The summed E-state index contributed by atoms with van der Waals surface area (Å²) in [5.41, 5.74) is 2.70. The van der Waals surface area contributed by atoms with E-state index >= 15 is 0 Å². The van der Waals surface area contributed by atoms with Gasteiger partial charge in [-0.05, 0) is 31.4 Å². The van der Waals surface area contributed by atoms with Gasteiger partial charge in [-0.2, -0.15) is 5.10 Å². The zero-order chi connectivity index (χ0) is 15.5. The minimum atomic E-state index is 0.228. The van der Waals surface area contributed by atoms with Crippen molar-refractivity contribution in [3.8, 4) is 0 Å². The quantitative estimate of drug-likeness (QED) is 0.870. The molecule has 0 amide bonds. The summed E-state index contributed by atoms with van der Waals surface area (Å²) in [6.45, 7) is 13.3. The molecule has 0 aliphatic carbocycles. The predicted octanol–water partition coefficient (Wildman–Crippen LogP) is 4.01. The average molecular weight is 287 g/mol. The molecule has 0 bridgehead atoms. The third kappa shape index (κ3) is 3.65. The highest BCUT2D eigenvalue weighted by atomic mass is 15.3. The van der Waals surface area contributed by atoms with Crippen molar-refractivity contribution in [2.45, 2.75) is 60.0 Å². The Balaban J connectivity index is 2.32. The Morgan fingerprint density at radius 3 is 2.52 bits per heavy atom. The topological polar surface area (TPSA) is 29.9 Å². The van der Waals surface area contributed by atoms with Gasteiger partial charge in [-0.25, -0.2) is 0 Å². The van der Waals surface area contributed by atoms with Gasteiger partial charge in [0.2, 0.25) is 0 Å². The molecule has 21 heavy (non-hydrogen) atoms. The molecule has 1 heterocycles. The van der Waals surface area contributed by atoms with E-state index in [1.165, 1.54) is 16.6 Å². The molecule has 3 nitrogen and oxygen atoms in total. The van der Waals surface area contributed by atoms with E-state index < -0.39 is 0 Å². The first-order chi connectivity index (χ1) is 9.97. The van der Waals surface area contributed by atoms with E-state index in [1.54, 1.807) is 0 Å². The number of nitrogens with zero attached hydrogens (tertiary/aromatic N) is 2. The summed E-state index contributed by atoms with van der Waals surface area (Å²) in [5.74, 6) is 0. The van der Waals surface area contributed by atoms with Crippen LogP contribution < -0.4 is 5.32 Å². The van der Waals surface area contributed by atoms with Crippen molar-refractivity contribution in [1.29, 1.82) is 0 Å². The standard InChI is InChI=1S/C18H29N3/c1-6-12-19-17(18(3,4)5)13-15-14-10-8-9-11-16(14)21(7-2)20-15/h8-11,17,19H,6-7,12-13H2,1-5H3. The van der Waals surface area contributed by atoms with Gasteiger partial charge in [0, 0.05) is 24.4 Å². The summed E-state index contributed by atoms with van der Waals surface area (Å²) in [7, 11) is 0. The van der Waals surface area contributed by atoms with Gasteiger partial charge in [-0.1, -0.05) is 45.9 Å². The largest absolute Gasteiger partial charge is 0.313 e. The van der Waals surface area contributed by atoms with Crippen molar-refractivity contribution >= 4 is 10.9 Å². The van der Waals surface area contributed by atoms with Gasteiger partial charge in [-0.15, -0.1) is 0 Å². The number of hydrogen-bond donors (Lipinski definition) is 1. The molecule has 0 radical (unpaired) electrons. The van der Waals surface area contributed by atoms with Crippen LogP contribution in [-0.4, -0.2) is 22.4 Å². The normalized spacial score (nSPS) is 13.8. The van der Waals surface area contributed by atoms with E-state index in [0.717, 1.165) is 25.9 Å². The van der Waals surface area contributed by atoms with E-state index in [9.17, 15) is 0 Å². The van der Waals surface area contributed by atoms with Gasteiger partial charge >= 0.3 is 0 Å². The highest BCUT2D eigenvalue weighted by molar-refractivity contribution is 5.82. The maximum Gasteiger partial charge on any atom is 0.0719 e. The van der Waals surface area contributed by atoms with Gasteiger partial charge in [0.05, 0.1) is 11.2 Å². The molecule has 0 saturated heterocycles. The minimum absolute atomic E-state index is 0.228. The number of rotatable bonds is 6. The number of aryl methyl sites for hydroxylation is 1. The van der Waals surface area contributed by atoms with Crippen molar-refractivity contribution in [2.24, 2.45) is 5.41 Å². The summed E-state index contributed by atoms with van der Waals surface area (Å²) in [4.78, 5) is 0. The van der Waals surface area contributed by atoms with Gasteiger partial charge in [0.1, 0.15) is 0 Å². The maximum atomic E-state index is 4.85. The third-order valence-electron chi connectivity index (χ3n) is 4.12. The van der Waals surface area contributed by atoms with E-state index in [0.29, 0.717) is 6.04 Å². The van der Waals surface area contributed by atoms with Crippen molar-refractivity contribution in [2.75, 3.05) is 6.54 Å². The molecule has 3 heteroatoms. The monoisotopic (exact) mass is 287 g/mol. The van der Waals surface area contributed by atoms with E-state index in [4.69, 9.17) is 5.10 Å². The number of hydrogen-bond acceptors (Lipinski definition) is 2. The van der Waals surface area contributed by atoms with Gasteiger partial charge in [0.15, 0.2) is 0 Å². The number of para-hydroxylation sites is 1. The Morgan fingerprint density at radius 1 is 1.19 bits per heavy atom. The molecule has 1 atom stereocenters. The van der Waals surface area contributed by atoms with Crippen molar-refractivity contribution in [1.82, 2.24) is 15.1 Å². The molecular weight excluding hydrogens is 258 g/mol. The SMILES string of the molecule is CCCNC(Cc1nn(CC)c2ccccc12)C(C)(C)C. The molecule has 1 aromatic heterocycles. The molecule has 0 aliphatic heterocycles. The van der Waals surface area contributed by atoms with Crippen LogP contribution in [-0.2, 0) is 13.0 Å². The third-order valence-corrected chi connectivity index (χ3v) is 4.12. The summed E-state index contributed by atoms with van der Waals surface area (Å²) in [6, 6.07) is 9.01. The van der Waals surface area contributed by atoms with Crippen LogP contribution in [0.15, 0.2) is 24.3 Å². The Bertz CT molecular complexity index is 578. The van der Waals surface area contributed by atoms with Crippen LogP contribution in [0.5, 0.6) is 0 Å².